The van der Waals surface area contributed by atoms with Crippen LogP contribution in [0.4, 0.5) is 0 Å². The first-order valence-corrected chi connectivity index (χ1v) is 7.55. The highest BCUT2D eigenvalue weighted by molar-refractivity contribution is 14.0. The number of benzene rings is 1. The predicted molar refractivity (Wildman–Crippen MR) is 102 cm³/mol. The lowest BCUT2D eigenvalue weighted by Crippen LogP contribution is -2.35. The molecule has 4 nitrogen and oxygen atoms in total. The van der Waals surface area contributed by atoms with Gasteiger partial charge in [0.2, 0.25) is 0 Å². The average Bonchev–Trinajstić information content (AvgIpc) is 2.50. The first kappa shape index (κ1) is 20.2. The quantitative estimate of drug-likeness (QED) is 0.398. The maximum Gasteiger partial charge on any atom is 0.188 e. The van der Waals surface area contributed by atoms with Gasteiger partial charge in [0, 0.05) is 6.54 Å². The molecule has 0 fully saturated rings. The maximum atomic E-state index is 5.89. The molecule has 1 rings (SSSR count). The molecule has 0 spiro atoms. The second kappa shape index (κ2) is 11.8. The molecular formula is C16H29IN4. The number of likely N-dealkylation sites (N-methyl/N-ethyl adjacent to an activating group) is 1. The van der Waals surface area contributed by atoms with Crippen LogP contribution in [0.3, 0.4) is 0 Å². The lowest BCUT2D eigenvalue weighted by Gasteiger charge is -2.29. The smallest absolute Gasteiger partial charge is 0.188 e. The number of nitrogens with one attached hydrogen (secondary N) is 1. The van der Waals surface area contributed by atoms with Crippen LogP contribution < -0.4 is 11.1 Å². The molecule has 0 aliphatic carbocycles. The Bertz CT molecular complexity index is 391. The van der Waals surface area contributed by atoms with E-state index in [2.05, 4.69) is 60.2 Å². The first-order chi connectivity index (χ1) is 9.72. The van der Waals surface area contributed by atoms with E-state index < -0.39 is 0 Å². The molecule has 0 aromatic heterocycles. The predicted octanol–water partition coefficient (Wildman–Crippen LogP) is 3.00. The molecule has 1 atom stereocenters. The van der Waals surface area contributed by atoms with Crippen LogP contribution >= 0.6 is 24.0 Å². The van der Waals surface area contributed by atoms with Crippen LogP contribution in [0.1, 0.15) is 38.8 Å². The summed E-state index contributed by atoms with van der Waals surface area (Å²) in [7, 11) is 0. The van der Waals surface area contributed by atoms with Gasteiger partial charge in [0.25, 0.3) is 0 Å². The van der Waals surface area contributed by atoms with Crippen molar-refractivity contribution in [3.05, 3.63) is 35.9 Å². The topological polar surface area (TPSA) is 53.6 Å². The highest BCUT2D eigenvalue weighted by Crippen LogP contribution is 2.20. The molecule has 5 heteroatoms. The van der Waals surface area contributed by atoms with E-state index in [1.165, 1.54) is 5.56 Å². The van der Waals surface area contributed by atoms with Crippen LogP contribution in [0.25, 0.3) is 0 Å². The van der Waals surface area contributed by atoms with Crippen molar-refractivity contribution in [3.8, 4) is 0 Å². The van der Waals surface area contributed by atoms with Crippen molar-refractivity contribution in [3.63, 3.8) is 0 Å². The highest BCUT2D eigenvalue weighted by atomic mass is 127. The average molecular weight is 404 g/mol. The van der Waals surface area contributed by atoms with Gasteiger partial charge >= 0.3 is 0 Å². The standard InChI is InChI=1S/C16H28N4.HI/c1-4-12-18-16(17)19-13-15(20(5-2)6-3)14-10-8-7-9-11-14;/h7-11,15H,4-6,12-13H2,1-3H3,(H3,17,18,19);1H. The monoisotopic (exact) mass is 404 g/mol. The Morgan fingerprint density at radius 3 is 2.33 bits per heavy atom. The summed E-state index contributed by atoms with van der Waals surface area (Å²) in [4.78, 5) is 6.91. The number of nitrogens with two attached hydrogens (primary N) is 1. The van der Waals surface area contributed by atoms with E-state index in [1.807, 2.05) is 6.07 Å². The summed E-state index contributed by atoms with van der Waals surface area (Å²) >= 11 is 0. The minimum Gasteiger partial charge on any atom is -0.370 e. The molecule has 1 aromatic carbocycles. The number of hydrogen-bond donors (Lipinski definition) is 2. The Balaban J connectivity index is 0.00000400. The van der Waals surface area contributed by atoms with Crippen LogP contribution in [0.15, 0.2) is 35.3 Å². The van der Waals surface area contributed by atoms with Crippen LogP contribution in [0.2, 0.25) is 0 Å². The third-order valence-electron chi connectivity index (χ3n) is 3.43. The summed E-state index contributed by atoms with van der Waals surface area (Å²) in [5, 5.41) is 3.12. The van der Waals surface area contributed by atoms with Crippen LogP contribution in [-0.2, 0) is 0 Å². The van der Waals surface area contributed by atoms with E-state index in [1.54, 1.807) is 0 Å². The molecule has 0 amide bonds. The van der Waals surface area contributed by atoms with E-state index >= 15 is 0 Å². The normalized spacial score (nSPS) is 12.9. The minimum atomic E-state index is 0. The summed E-state index contributed by atoms with van der Waals surface area (Å²) in [5.74, 6) is 0.542. The van der Waals surface area contributed by atoms with Gasteiger partial charge in [-0.25, -0.2) is 0 Å². The lowest BCUT2D eigenvalue weighted by atomic mass is 10.1. The molecule has 1 aromatic rings. The van der Waals surface area contributed by atoms with Crippen molar-refractivity contribution < 1.29 is 0 Å². The van der Waals surface area contributed by atoms with Crippen molar-refractivity contribution in [2.24, 2.45) is 10.7 Å². The molecule has 1 unspecified atom stereocenters. The van der Waals surface area contributed by atoms with E-state index in [-0.39, 0.29) is 30.0 Å². The molecule has 0 bridgehead atoms. The van der Waals surface area contributed by atoms with Crippen molar-refractivity contribution in [2.75, 3.05) is 26.2 Å². The Morgan fingerprint density at radius 1 is 1.19 bits per heavy atom. The molecule has 3 N–H and O–H groups in total. The molecule has 0 radical (unpaired) electrons. The van der Waals surface area contributed by atoms with Gasteiger partial charge in [-0.3, -0.25) is 9.89 Å². The zero-order valence-electron chi connectivity index (χ0n) is 13.4. The molecule has 0 aliphatic rings. The highest BCUT2D eigenvalue weighted by Gasteiger charge is 2.17. The van der Waals surface area contributed by atoms with Gasteiger partial charge in [-0.15, -0.1) is 24.0 Å². The van der Waals surface area contributed by atoms with Gasteiger partial charge in [0.15, 0.2) is 5.96 Å². The van der Waals surface area contributed by atoms with Crippen molar-refractivity contribution in [2.45, 2.75) is 33.2 Å². The fraction of sp³-hybridized carbons (Fsp3) is 0.562. The molecule has 0 saturated heterocycles. The fourth-order valence-corrected chi connectivity index (χ4v) is 2.27. The van der Waals surface area contributed by atoms with Gasteiger partial charge in [-0.05, 0) is 25.1 Å². The Morgan fingerprint density at radius 2 is 1.81 bits per heavy atom. The zero-order chi connectivity index (χ0) is 14.8. The Hall–Kier alpha value is -0.820. The molecule has 0 heterocycles. The van der Waals surface area contributed by atoms with E-state index in [0.717, 1.165) is 26.1 Å². The number of rotatable bonds is 8. The SMILES string of the molecule is CCCNC(N)=NCC(c1ccccc1)N(CC)CC.I. The van der Waals surface area contributed by atoms with Crippen LogP contribution in [0, 0.1) is 0 Å². The largest absolute Gasteiger partial charge is 0.370 e. The Kier molecular flexibility index (Phi) is 11.3. The number of halogens is 1. The summed E-state index contributed by atoms with van der Waals surface area (Å²) in [6.45, 7) is 10.1. The molecule has 0 aliphatic heterocycles. The third-order valence-corrected chi connectivity index (χ3v) is 3.43. The first-order valence-electron chi connectivity index (χ1n) is 7.55. The van der Waals surface area contributed by atoms with Gasteiger partial charge in [0.1, 0.15) is 0 Å². The summed E-state index contributed by atoms with van der Waals surface area (Å²) in [6, 6.07) is 10.8. The van der Waals surface area contributed by atoms with Gasteiger partial charge in [-0.1, -0.05) is 51.1 Å². The number of hydrogen-bond acceptors (Lipinski definition) is 2. The number of nitrogens with zero attached hydrogens (tertiary/aromatic N) is 2. The van der Waals surface area contributed by atoms with Gasteiger partial charge < -0.3 is 11.1 Å². The molecular weight excluding hydrogens is 375 g/mol. The third kappa shape index (κ3) is 7.13. The second-order valence-corrected chi connectivity index (χ2v) is 4.80. The van der Waals surface area contributed by atoms with Crippen LogP contribution in [-0.4, -0.2) is 37.0 Å². The van der Waals surface area contributed by atoms with Crippen molar-refractivity contribution in [1.29, 1.82) is 0 Å². The van der Waals surface area contributed by atoms with E-state index in [4.69, 9.17) is 5.73 Å². The second-order valence-electron chi connectivity index (χ2n) is 4.80. The van der Waals surface area contributed by atoms with Gasteiger partial charge in [-0.2, -0.15) is 0 Å². The molecule has 21 heavy (non-hydrogen) atoms. The summed E-state index contributed by atoms with van der Waals surface area (Å²) in [5.41, 5.74) is 7.18. The summed E-state index contributed by atoms with van der Waals surface area (Å²) in [6.07, 6.45) is 1.05. The number of guanidine groups is 1. The molecule has 120 valence electrons. The lowest BCUT2D eigenvalue weighted by molar-refractivity contribution is 0.224. The van der Waals surface area contributed by atoms with Crippen molar-refractivity contribution in [1.82, 2.24) is 10.2 Å². The zero-order valence-corrected chi connectivity index (χ0v) is 15.7. The Labute approximate surface area is 146 Å². The minimum absolute atomic E-state index is 0. The number of aliphatic imine (C=N–C) groups is 1. The van der Waals surface area contributed by atoms with E-state index in [0.29, 0.717) is 12.5 Å². The fourth-order valence-electron chi connectivity index (χ4n) is 2.27. The molecule has 0 saturated carbocycles. The van der Waals surface area contributed by atoms with Crippen molar-refractivity contribution >= 4 is 29.9 Å². The summed E-state index contributed by atoms with van der Waals surface area (Å²) < 4.78 is 0. The van der Waals surface area contributed by atoms with E-state index in [9.17, 15) is 0 Å². The maximum absolute atomic E-state index is 5.89. The van der Waals surface area contributed by atoms with Gasteiger partial charge in [0.05, 0.1) is 12.6 Å². The van der Waals surface area contributed by atoms with Crippen LogP contribution in [0.5, 0.6) is 0 Å².